The first kappa shape index (κ1) is 15.6. The summed E-state index contributed by atoms with van der Waals surface area (Å²) in [5.74, 6) is 6.18. The van der Waals surface area contributed by atoms with Crippen LogP contribution in [0.15, 0.2) is 18.2 Å². The number of carbonyl (C=O) groups excluding carboxylic acids is 1. The molecule has 3 nitrogen and oxygen atoms in total. The Labute approximate surface area is 126 Å². The molecule has 1 aliphatic rings. The van der Waals surface area contributed by atoms with Gasteiger partial charge >= 0.3 is 0 Å². The van der Waals surface area contributed by atoms with E-state index in [2.05, 4.69) is 24.1 Å². The number of rotatable bonds is 2. The lowest BCUT2D eigenvalue weighted by Crippen LogP contribution is -2.37. The standard InChI is InChI=1S/C18H23NO2/c1-13-6-9-16(10-7-13)19-18(21)17-12-14(2)5-8-15(17)4-3-11-20/h5,8,12-13,16,20H,6-7,9-11H2,1-2H3,(H,19,21). The van der Waals surface area contributed by atoms with Gasteiger partial charge in [-0.15, -0.1) is 0 Å². The average molecular weight is 285 g/mol. The van der Waals surface area contributed by atoms with Crippen LogP contribution in [0.4, 0.5) is 0 Å². The highest BCUT2D eigenvalue weighted by atomic mass is 16.2. The minimum absolute atomic E-state index is 0.0551. The van der Waals surface area contributed by atoms with Gasteiger partial charge in [-0.3, -0.25) is 4.79 Å². The van der Waals surface area contributed by atoms with E-state index >= 15 is 0 Å². The topological polar surface area (TPSA) is 49.3 Å². The summed E-state index contributed by atoms with van der Waals surface area (Å²) in [5, 5.41) is 12.0. The normalized spacial score (nSPS) is 21.3. The lowest BCUT2D eigenvalue weighted by Gasteiger charge is -2.27. The molecule has 112 valence electrons. The Morgan fingerprint density at radius 2 is 2.05 bits per heavy atom. The van der Waals surface area contributed by atoms with Crippen molar-refractivity contribution in [2.24, 2.45) is 5.92 Å². The first-order valence-electron chi connectivity index (χ1n) is 7.61. The van der Waals surface area contributed by atoms with E-state index in [1.807, 2.05) is 25.1 Å². The molecular formula is C18H23NO2. The molecule has 1 saturated carbocycles. The van der Waals surface area contributed by atoms with Gasteiger partial charge in [-0.25, -0.2) is 0 Å². The quantitative estimate of drug-likeness (QED) is 0.821. The Morgan fingerprint density at radius 3 is 2.71 bits per heavy atom. The molecule has 21 heavy (non-hydrogen) atoms. The Kier molecular flexibility index (Phi) is 5.41. The molecule has 0 aromatic heterocycles. The van der Waals surface area contributed by atoms with Crippen molar-refractivity contribution in [2.75, 3.05) is 6.61 Å². The summed E-state index contributed by atoms with van der Waals surface area (Å²) in [7, 11) is 0. The molecule has 0 unspecified atom stereocenters. The number of carbonyl (C=O) groups is 1. The highest BCUT2D eigenvalue weighted by molar-refractivity contribution is 5.97. The highest BCUT2D eigenvalue weighted by Crippen LogP contribution is 2.24. The second-order valence-corrected chi connectivity index (χ2v) is 5.94. The van der Waals surface area contributed by atoms with E-state index in [1.165, 1.54) is 12.8 Å². The SMILES string of the molecule is Cc1ccc(C#CCO)c(C(=O)NC2CCC(C)CC2)c1. The number of aliphatic hydroxyl groups excluding tert-OH is 1. The summed E-state index contributed by atoms with van der Waals surface area (Å²) >= 11 is 0. The van der Waals surface area contributed by atoms with Crippen molar-refractivity contribution in [3.63, 3.8) is 0 Å². The number of hydrogen-bond acceptors (Lipinski definition) is 2. The predicted molar refractivity (Wildman–Crippen MR) is 84.0 cm³/mol. The molecule has 3 heteroatoms. The van der Waals surface area contributed by atoms with E-state index in [1.54, 1.807) is 0 Å². The van der Waals surface area contributed by atoms with Crippen molar-refractivity contribution in [3.05, 3.63) is 34.9 Å². The van der Waals surface area contributed by atoms with Crippen LogP contribution in [0.1, 0.15) is 54.1 Å². The third-order valence-corrected chi connectivity index (χ3v) is 4.07. The summed E-state index contributed by atoms with van der Waals surface area (Å²) in [6, 6.07) is 5.91. The fraction of sp³-hybridized carbons (Fsp3) is 0.500. The molecular weight excluding hydrogens is 262 g/mol. The van der Waals surface area contributed by atoms with E-state index < -0.39 is 0 Å². The van der Waals surface area contributed by atoms with E-state index in [4.69, 9.17) is 5.11 Å². The molecule has 0 aliphatic heterocycles. The summed E-state index contributed by atoms with van der Waals surface area (Å²) in [5.41, 5.74) is 2.32. The van der Waals surface area contributed by atoms with Crippen LogP contribution in [0.5, 0.6) is 0 Å². The molecule has 2 rings (SSSR count). The highest BCUT2D eigenvalue weighted by Gasteiger charge is 2.21. The molecule has 0 bridgehead atoms. The van der Waals surface area contributed by atoms with Crippen molar-refractivity contribution in [3.8, 4) is 11.8 Å². The number of amides is 1. The van der Waals surface area contributed by atoms with Gasteiger partial charge in [0.05, 0.1) is 5.56 Å². The zero-order chi connectivity index (χ0) is 15.2. The molecule has 0 heterocycles. The Hall–Kier alpha value is -1.79. The third-order valence-electron chi connectivity index (χ3n) is 4.07. The molecule has 1 fully saturated rings. The maximum atomic E-state index is 12.5. The molecule has 0 saturated heterocycles. The maximum absolute atomic E-state index is 12.5. The number of benzene rings is 1. The van der Waals surface area contributed by atoms with Gasteiger partial charge in [-0.2, -0.15) is 0 Å². The number of aliphatic hydroxyl groups is 1. The number of nitrogens with one attached hydrogen (secondary N) is 1. The first-order chi connectivity index (χ1) is 10.1. The molecule has 0 radical (unpaired) electrons. The monoisotopic (exact) mass is 285 g/mol. The number of aryl methyl sites for hydroxylation is 1. The van der Waals surface area contributed by atoms with Gasteiger partial charge in [0.15, 0.2) is 0 Å². The zero-order valence-corrected chi connectivity index (χ0v) is 12.8. The smallest absolute Gasteiger partial charge is 0.252 e. The second kappa shape index (κ2) is 7.28. The van der Waals surface area contributed by atoms with Crippen LogP contribution in [0.25, 0.3) is 0 Å². The summed E-state index contributed by atoms with van der Waals surface area (Å²) in [6.07, 6.45) is 4.46. The van der Waals surface area contributed by atoms with Gasteiger partial charge in [0.1, 0.15) is 6.61 Å². The van der Waals surface area contributed by atoms with Crippen molar-refractivity contribution in [2.45, 2.75) is 45.6 Å². The minimum Gasteiger partial charge on any atom is -0.384 e. The van der Waals surface area contributed by atoms with Gasteiger partial charge in [0, 0.05) is 11.6 Å². The van der Waals surface area contributed by atoms with Crippen LogP contribution in [-0.4, -0.2) is 23.7 Å². The van der Waals surface area contributed by atoms with Crippen LogP contribution in [0.3, 0.4) is 0 Å². The van der Waals surface area contributed by atoms with Gasteiger partial charge in [-0.05, 0) is 50.7 Å². The Bertz CT molecular complexity index is 560. The van der Waals surface area contributed by atoms with Crippen LogP contribution in [0.2, 0.25) is 0 Å². The zero-order valence-electron chi connectivity index (χ0n) is 12.8. The molecule has 1 aromatic rings. The van der Waals surface area contributed by atoms with Crippen LogP contribution >= 0.6 is 0 Å². The summed E-state index contributed by atoms with van der Waals surface area (Å²) < 4.78 is 0. The third kappa shape index (κ3) is 4.34. The predicted octanol–water partition coefficient (Wildman–Crippen LogP) is 2.65. The van der Waals surface area contributed by atoms with Crippen LogP contribution in [-0.2, 0) is 0 Å². The van der Waals surface area contributed by atoms with Gasteiger partial charge < -0.3 is 10.4 Å². The molecule has 1 aliphatic carbocycles. The molecule has 1 aromatic carbocycles. The Balaban J connectivity index is 2.12. The largest absolute Gasteiger partial charge is 0.384 e. The average Bonchev–Trinajstić information content (AvgIpc) is 2.48. The minimum atomic E-state index is -0.199. The van der Waals surface area contributed by atoms with Gasteiger partial charge in [-0.1, -0.05) is 30.4 Å². The van der Waals surface area contributed by atoms with E-state index in [0.29, 0.717) is 11.1 Å². The fourth-order valence-electron chi connectivity index (χ4n) is 2.76. The second-order valence-electron chi connectivity index (χ2n) is 5.94. The molecule has 0 atom stereocenters. The van der Waals surface area contributed by atoms with E-state index in [0.717, 1.165) is 24.3 Å². The number of hydrogen-bond donors (Lipinski definition) is 2. The summed E-state index contributed by atoms with van der Waals surface area (Å²) in [4.78, 5) is 12.5. The Morgan fingerprint density at radius 1 is 1.33 bits per heavy atom. The maximum Gasteiger partial charge on any atom is 0.252 e. The van der Waals surface area contributed by atoms with E-state index in [-0.39, 0.29) is 18.6 Å². The van der Waals surface area contributed by atoms with Crippen molar-refractivity contribution < 1.29 is 9.90 Å². The van der Waals surface area contributed by atoms with Gasteiger partial charge in [0.2, 0.25) is 0 Å². The van der Waals surface area contributed by atoms with Gasteiger partial charge in [0.25, 0.3) is 5.91 Å². The first-order valence-corrected chi connectivity index (χ1v) is 7.61. The molecule has 1 amide bonds. The fourth-order valence-corrected chi connectivity index (χ4v) is 2.76. The molecule has 2 N–H and O–H groups in total. The lowest BCUT2D eigenvalue weighted by atomic mass is 9.87. The van der Waals surface area contributed by atoms with Crippen molar-refractivity contribution in [1.29, 1.82) is 0 Å². The molecule has 0 spiro atoms. The van der Waals surface area contributed by atoms with Crippen molar-refractivity contribution in [1.82, 2.24) is 5.32 Å². The van der Waals surface area contributed by atoms with Crippen LogP contribution in [0, 0.1) is 24.7 Å². The van der Waals surface area contributed by atoms with E-state index in [9.17, 15) is 4.79 Å². The lowest BCUT2D eigenvalue weighted by molar-refractivity contribution is 0.0922. The summed E-state index contributed by atoms with van der Waals surface area (Å²) in [6.45, 7) is 4.03. The van der Waals surface area contributed by atoms with Crippen LogP contribution < -0.4 is 5.32 Å². The van der Waals surface area contributed by atoms with Crippen molar-refractivity contribution >= 4 is 5.91 Å².